The van der Waals surface area contributed by atoms with Crippen molar-refractivity contribution >= 4 is 17.0 Å². The average molecular weight is 387 g/mol. The molecule has 1 atom stereocenters. The first-order valence-electron chi connectivity index (χ1n) is 9.06. The van der Waals surface area contributed by atoms with Gasteiger partial charge in [0.05, 0.1) is 29.3 Å². The molecule has 1 saturated carbocycles. The number of fused-ring (bicyclic) bond motifs is 1. The van der Waals surface area contributed by atoms with Crippen molar-refractivity contribution < 1.29 is 23.4 Å². The number of aromatic carboxylic acids is 1. The van der Waals surface area contributed by atoms with Gasteiger partial charge in [-0.2, -0.15) is 5.10 Å². The number of carbonyl (C=O) groups is 1. The molecular weight excluding hydrogens is 368 g/mol. The van der Waals surface area contributed by atoms with Crippen LogP contribution in [0.2, 0.25) is 0 Å². The molecule has 8 heteroatoms. The zero-order chi connectivity index (χ0) is 19.9. The van der Waals surface area contributed by atoms with Gasteiger partial charge in [-0.1, -0.05) is 18.2 Å². The van der Waals surface area contributed by atoms with Gasteiger partial charge in [-0.3, -0.25) is 0 Å². The van der Waals surface area contributed by atoms with Gasteiger partial charge in [-0.05, 0) is 31.9 Å². The maximum Gasteiger partial charge on any atom is 0.354 e. The van der Waals surface area contributed by atoms with E-state index in [0.717, 1.165) is 0 Å². The minimum Gasteiger partial charge on any atom is -0.492 e. The summed E-state index contributed by atoms with van der Waals surface area (Å²) in [5.41, 5.74) is 1.38. The monoisotopic (exact) mass is 387 g/mol. The summed E-state index contributed by atoms with van der Waals surface area (Å²) in [6, 6.07) is 10.4. The van der Waals surface area contributed by atoms with Crippen LogP contribution < -0.4 is 4.74 Å². The van der Waals surface area contributed by atoms with Crippen molar-refractivity contribution in [2.45, 2.75) is 32.1 Å². The molecule has 0 radical (unpaired) electrons. The van der Waals surface area contributed by atoms with Crippen LogP contribution in [0.25, 0.3) is 16.7 Å². The highest BCUT2D eigenvalue weighted by Gasteiger charge is 2.44. The van der Waals surface area contributed by atoms with Crippen molar-refractivity contribution in [1.82, 2.24) is 14.8 Å². The molecule has 0 aliphatic heterocycles. The molecule has 0 amide bonds. The fourth-order valence-electron chi connectivity index (χ4n) is 3.62. The van der Waals surface area contributed by atoms with Gasteiger partial charge in [-0.25, -0.2) is 23.2 Å². The number of hydrogen-bond acceptors (Lipinski definition) is 4. The van der Waals surface area contributed by atoms with Crippen molar-refractivity contribution in [2.75, 3.05) is 6.61 Å². The summed E-state index contributed by atoms with van der Waals surface area (Å²) in [6.07, 6.45) is 0.700. The zero-order valence-electron chi connectivity index (χ0n) is 15.2. The van der Waals surface area contributed by atoms with Crippen molar-refractivity contribution in [2.24, 2.45) is 5.92 Å². The second-order valence-electron chi connectivity index (χ2n) is 7.00. The normalized spacial score (nSPS) is 18.5. The molecular formula is C20H19F2N3O3. The van der Waals surface area contributed by atoms with Crippen LogP contribution in [0, 0.1) is 12.8 Å². The number of benzene rings is 1. The molecule has 0 saturated heterocycles. The molecule has 1 aliphatic carbocycles. The Morgan fingerprint density at radius 3 is 2.75 bits per heavy atom. The molecule has 28 heavy (non-hydrogen) atoms. The van der Waals surface area contributed by atoms with Gasteiger partial charge in [-0.15, -0.1) is 0 Å². The van der Waals surface area contributed by atoms with Crippen LogP contribution in [-0.4, -0.2) is 38.4 Å². The zero-order valence-corrected chi connectivity index (χ0v) is 15.2. The summed E-state index contributed by atoms with van der Waals surface area (Å²) in [7, 11) is 0. The molecule has 1 aromatic carbocycles. The summed E-state index contributed by atoms with van der Waals surface area (Å²) >= 11 is 0. The highest BCUT2D eigenvalue weighted by Crippen LogP contribution is 2.41. The molecule has 6 nitrogen and oxygen atoms in total. The highest BCUT2D eigenvalue weighted by atomic mass is 19.3. The highest BCUT2D eigenvalue weighted by molar-refractivity contribution is 5.93. The quantitative estimate of drug-likeness (QED) is 0.709. The van der Waals surface area contributed by atoms with E-state index < -0.39 is 17.8 Å². The number of rotatable bonds is 5. The van der Waals surface area contributed by atoms with Gasteiger partial charge < -0.3 is 9.84 Å². The van der Waals surface area contributed by atoms with Gasteiger partial charge in [0.25, 0.3) is 5.92 Å². The molecule has 0 spiro atoms. The maximum atomic E-state index is 13.9. The lowest BCUT2D eigenvalue weighted by Crippen LogP contribution is -2.27. The van der Waals surface area contributed by atoms with E-state index in [1.165, 1.54) is 10.7 Å². The molecule has 0 bridgehead atoms. The van der Waals surface area contributed by atoms with Crippen molar-refractivity contribution in [3.63, 3.8) is 0 Å². The predicted octanol–water partition coefficient (Wildman–Crippen LogP) is 4.24. The fraction of sp³-hybridized carbons (Fsp3) is 0.350. The van der Waals surface area contributed by atoms with Crippen LogP contribution in [-0.2, 0) is 0 Å². The molecule has 1 N–H and O–H groups in total. The Balaban J connectivity index is 1.79. The van der Waals surface area contributed by atoms with Crippen LogP contribution in [0.3, 0.4) is 0 Å². The Bertz CT molecular complexity index is 1030. The summed E-state index contributed by atoms with van der Waals surface area (Å²) < 4.78 is 35.1. The van der Waals surface area contributed by atoms with Gasteiger partial charge in [0.2, 0.25) is 0 Å². The summed E-state index contributed by atoms with van der Waals surface area (Å²) in [6.45, 7) is 1.57. The Kier molecular flexibility index (Phi) is 4.49. The lowest BCUT2D eigenvalue weighted by Gasteiger charge is -2.19. The van der Waals surface area contributed by atoms with E-state index in [1.54, 1.807) is 6.92 Å². The number of para-hydroxylation sites is 1. The number of alkyl halides is 2. The lowest BCUT2D eigenvalue weighted by molar-refractivity contribution is -0.0504. The van der Waals surface area contributed by atoms with Crippen LogP contribution >= 0.6 is 0 Å². The smallest absolute Gasteiger partial charge is 0.354 e. The number of halogens is 2. The Hall–Kier alpha value is -3.03. The van der Waals surface area contributed by atoms with Crippen molar-refractivity contribution in [1.29, 1.82) is 0 Å². The van der Waals surface area contributed by atoms with Crippen LogP contribution in [0.4, 0.5) is 8.78 Å². The summed E-state index contributed by atoms with van der Waals surface area (Å²) in [5.74, 6) is -4.65. The predicted molar refractivity (Wildman–Crippen MR) is 98.3 cm³/mol. The number of aromatic nitrogens is 3. The maximum absolute atomic E-state index is 13.9. The minimum atomic E-state index is -2.76. The minimum absolute atomic E-state index is 0.141. The van der Waals surface area contributed by atoms with Gasteiger partial charge >= 0.3 is 5.97 Å². The molecule has 3 aromatic rings. The summed E-state index contributed by atoms with van der Waals surface area (Å²) in [5, 5.41) is 14.4. The van der Waals surface area contributed by atoms with E-state index in [4.69, 9.17) is 4.74 Å². The largest absolute Gasteiger partial charge is 0.492 e. The van der Waals surface area contributed by atoms with Gasteiger partial charge in [0, 0.05) is 12.5 Å². The number of nitrogens with zero attached hydrogens (tertiary/aromatic N) is 3. The van der Waals surface area contributed by atoms with Crippen molar-refractivity contribution in [3.8, 4) is 11.4 Å². The number of pyridine rings is 1. The average Bonchev–Trinajstić information content (AvgIpc) is 3.19. The van der Waals surface area contributed by atoms with E-state index in [2.05, 4.69) is 10.1 Å². The third-order valence-electron chi connectivity index (χ3n) is 5.10. The van der Waals surface area contributed by atoms with E-state index in [1.807, 2.05) is 30.3 Å². The topological polar surface area (TPSA) is 77.2 Å². The molecule has 1 unspecified atom stereocenters. The Morgan fingerprint density at radius 2 is 2.11 bits per heavy atom. The van der Waals surface area contributed by atoms with E-state index >= 15 is 0 Å². The standard InChI is InChI=1S/C20H19F2N3O3/c1-12-17-16(28-11-13-6-5-9-20(13,21)22)10-15(19(26)27)23-18(17)25(24-12)14-7-3-2-4-8-14/h2-4,7-8,10,13H,5-6,9,11H2,1H3,(H,26,27). The van der Waals surface area contributed by atoms with Crippen LogP contribution in [0.5, 0.6) is 5.75 Å². The first-order chi connectivity index (χ1) is 13.4. The van der Waals surface area contributed by atoms with Crippen LogP contribution in [0.1, 0.15) is 35.4 Å². The molecule has 4 rings (SSSR count). The first-order valence-corrected chi connectivity index (χ1v) is 9.06. The molecule has 146 valence electrons. The molecule has 1 fully saturated rings. The van der Waals surface area contributed by atoms with Gasteiger partial charge in [0.15, 0.2) is 11.3 Å². The van der Waals surface area contributed by atoms with E-state index in [-0.39, 0.29) is 24.5 Å². The molecule has 2 heterocycles. The third-order valence-corrected chi connectivity index (χ3v) is 5.10. The second kappa shape index (κ2) is 6.85. The van der Waals surface area contributed by atoms with Crippen LogP contribution in [0.15, 0.2) is 36.4 Å². The Morgan fingerprint density at radius 1 is 1.36 bits per heavy atom. The third kappa shape index (κ3) is 3.19. The number of carboxylic acids is 1. The van der Waals surface area contributed by atoms with E-state index in [0.29, 0.717) is 35.3 Å². The Labute approximate surface area is 159 Å². The fourth-order valence-corrected chi connectivity index (χ4v) is 3.62. The first kappa shape index (κ1) is 18.3. The number of ether oxygens (including phenoxy) is 1. The summed E-state index contributed by atoms with van der Waals surface area (Å²) in [4.78, 5) is 15.8. The molecule has 2 aromatic heterocycles. The lowest BCUT2D eigenvalue weighted by atomic mass is 10.1. The van der Waals surface area contributed by atoms with Gasteiger partial charge in [0.1, 0.15) is 5.75 Å². The number of hydrogen-bond donors (Lipinski definition) is 1. The van der Waals surface area contributed by atoms with E-state index in [9.17, 15) is 18.7 Å². The SMILES string of the molecule is Cc1nn(-c2ccccc2)c2nc(C(=O)O)cc(OCC3CCCC3(F)F)c12. The molecule has 1 aliphatic rings. The number of aryl methyl sites for hydroxylation is 1. The van der Waals surface area contributed by atoms with Crippen molar-refractivity contribution in [3.05, 3.63) is 47.8 Å². The number of carboxylic acid groups (broad SMARTS) is 1. The second-order valence-corrected chi connectivity index (χ2v) is 7.00.